The molecule has 112 heavy (non-hydrogen) atoms. The molecule has 0 fully saturated rings. The Morgan fingerprint density at radius 2 is 0.455 bits per heavy atom. The van der Waals surface area contributed by atoms with Crippen molar-refractivity contribution in [2.24, 2.45) is 0 Å². The van der Waals surface area contributed by atoms with E-state index in [0.717, 1.165) is 62.3 Å². The Morgan fingerprint density at radius 1 is 0.161 bits per heavy atom. The Balaban J connectivity index is 0.693. The summed E-state index contributed by atoms with van der Waals surface area (Å²) in [6.07, 6.45) is 0. The van der Waals surface area contributed by atoms with E-state index in [9.17, 15) is 0 Å². The molecule has 0 unspecified atom stereocenters. The van der Waals surface area contributed by atoms with Gasteiger partial charge in [0.25, 0.3) is 0 Å². The highest BCUT2D eigenvalue weighted by Gasteiger charge is 2.30. The second-order valence-corrected chi connectivity index (χ2v) is 31.1. The summed E-state index contributed by atoms with van der Waals surface area (Å²) < 4.78 is 0. The van der Waals surface area contributed by atoms with E-state index in [1.165, 1.54) is 189 Å². The molecule has 4 nitrogen and oxygen atoms in total. The lowest BCUT2D eigenvalue weighted by molar-refractivity contribution is 1.22. The standard InChI is InChI=1S/C108H70N4/c1-63-23-15-34-72(59-63)111(70-31-9-6-10-32-70)91-57-55-83-75-37-11-13-39-77(75)99-88-54-52-86-92(58-56-84-76-38-12-14-40-78(76)100(106(88)98(84)86)87-53-51-85(91)97(83)105(87)99)112(73-35-16-24-64(2)60-73)74-36-18-28-68(62-74)67-27-17-33-71(61-67)110(4)94-46-22-44-82-80-42-20-26-66-47-49-89-104(96(66)80)108(102(82)94)90-50-48-65-25-19-41-79-81-43-21-45-93(101(81)107(89)103(90)95(65)79)109(3)69-29-7-5-8-30-69/h5-62H,1-4H3. The summed E-state index contributed by atoms with van der Waals surface area (Å²) in [4.78, 5) is 9.79. The summed E-state index contributed by atoms with van der Waals surface area (Å²) in [7, 11) is 4.50. The molecule has 0 aliphatic carbocycles. The zero-order chi connectivity index (χ0) is 73.9. The van der Waals surface area contributed by atoms with Crippen LogP contribution in [0.1, 0.15) is 11.1 Å². The molecule has 24 aromatic carbocycles. The van der Waals surface area contributed by atoms with Gasteiger partial charge in [0, 0.05) is 103 Å². The maximum atomic E-state index is 2.52. The first-order valence-electron chi connectivity index (χ1n) is 39.1. The van der Waals surface area contributed by atoms with Crippen molar-refractivity contribution in [3.05, 3.63) is 363 Å². The Bertz CT molecular complexity index is 8080. The molecule has 522 valence electrons. The molecule has 0 bridgehead atoms. The van der Waals surface area contributed by atoms with Crippen molar-refractivity contribution in [2.75, 3.05) is 33.7 Å². The van der Waals surface area contributed by atoms with Gasteiger partial charge in [-0.05, 0) is 262 Å². The third kappa shape index (κ3) is 8.72. The highest BCUT2D eigenvalue weighted by molar-refractivity contribution is 6.52. The number of fused-ring (bicyclic) bond motifs is 16. The first-order chi connectivity index (χ1) is 55.3. The Labute approximate surface area is 646 Å². The average Bonchev–Trinajstić information content (AvgIpc) is 0.679. The summed E-state index contributed by atoms with van der Waals surface area (Å²) in [5.41, 5.74) is 16.0. The molecular formula is C108H70N4. The average molecular weight is 1420 g/mol. The topological polar surface area (TPSA) is 13.0 Å². The Morgan fingerprint density at radius 3 is 0.946 bits per heavy atom. The summed E-state index contributed by atoms with van der Waals surface area (Å²) in [5, 5.41) is 40.8. The van der Waals surface area contributed by atoms with Crippen molar-refractivity contribution in [1.29, 1.82) is 0 Å². The minimum Gasteiger partial charge on any atom is -0.344 e. The molecule has 0 amide bonds. The highest BCUT2D eigenvalue weighted by Crippen LogP contribution is 2.58. The van der Waals surface area contributed by atoms with Gasteiger partial charge in [0.15, 0.2) is 0 Å². The van der Waals surface area contributed by atoms with E-state index in [1.807, 2.05) is 0 Å². The molecule has 0 aliphatic rings. The number of nitrogens with zero attached hydrogens (tertiary/aromatic N) is 4. The quantitative estimate of drug-likeness (QED) is 0.0945. The van der Waals surface area contributed by atoms with Crippen LogP contribution >= 0.6 is 0 Å². The number of aryl methyl sites for hydroxylation is 2. The number of hydrogen-bond donors (Lipinski definition) is 0. The zero-order valence-electron chi connectivity index (χ0n) is 62.3. The second kappa shape index (κ2) is 23.6. The predicted octanol–water partition coefficient (Wildman–Crippen LogP) is 30.6. The Hall–Kier alpha value is -14.3. The molecule has 0 aromatic heterocycles. The van der Waals surface area contributed by atoms with Crippen LogP contribution in [0.5, 0.6) is 0 Å². The van der Waals surface area contributed by atoms with Gasteiger partial charge in [0.2, 0.25) is 0 Å². The zero-order valence-corrected chi connectivity index (χ0v) is 62.3. The number of para-hydroxylation sites is 2. The molecule has 0 atom stereocenters. The van der Waals surface area contributed by atoms with E-state index in [4.69, 9.17) is 0 Å². The molecule has 0 N–H and O–H groups in total. The fourth-order valence-corrected chi connectivity index (χ4v) is 20.5. The summed E-state index contributed by atoms with van der Waals surface area (Å²) in [5.74, 6) is 0. The normalized spacial score (nSPS) is 12.3. The largest absolute Gasteiger partial charge is 0.344 e. The maximum absolute atomic E-state index is 2.52. The van der Waals surface area contributed by atoms with Crippen LogP contribution in [0.4, 0.5) is 56.9 Å². The van der Waals surface area contributed by atoms with E-state index in [2.05, 4.69) is 399 Å². The maximum Gasteiger partial charge on any atom is 0.0540 e. The van der Waals surface area contributed by atoms with Gasteiger partial charge >= 0.3 is 0 Å². The lowest BCUT2D eigenvalue weighted by atomic mass is 9.80. The molecule has 0 heterocycles. The third-order valence-corrected chi connectivity index (χ3v) is 25.2. The predicted molar refractivity (Wildman–Crippen MR) is 485 cm³/mol. The van der Waals surface area contributed by atoms with Crippen molar-refractivity contribution in [1.82, 2.24) is 0 Å². The van der Waals surface area contributed by atoms with Crippen LogP contribution in [0.2, 0.25) is 0 Å². The van der Waals surface area contributed by atoms with Crippen molar-refractivity contribution < 1.29 is 0 Å². The number of rotatable bonds is 11. The van der Waals surface area contributed by atoms with Gasteiger partial charge in [-0.1, -0.05) is 255 Å². The minimum absolute atomic E-state index is 1.08. The molecular weight excluding hydrogens is 1350 g/mol. The SMILES string of the molecule is Cc1cccc(N(c2ccccc2)c2ccc3c4ccccc4c4c5ccc6c(N(c7cccc(C)c7)c7cccc(-c8cccc(N(C)c9cccc%10c%11cccc%12ccc%13c%14c%15c(N(C)c%16ccccc%16)cccc%15c%15cccc%16ccc(c(c9%10)c%13c%12%11)c%14c%16%15)c8)c7)ccc7c8ccccc8c(c8ccc2c3c84)c5c67)c1. The van der Waals surface area contributed by atoms with Gasteiger partial charge < -0.3 is 19.6 Å². The van der Waals surface area contributed by atoms with Crippen molar-refractivity contribution in [3.8, 4) is 11.1 Å². The van der Waals surface area contributed by atoms with Crippen molar-refractivity contribution in [3.63, 3.8) is 0 Å². The van der Waals surface area contributed by atoms with Gasteiger partial charge in [-0.25, -0.2) is 0 Å². The van der Waals surface area contributed by atoms with Gasteiger partial charge in [0.05, 0.1) is 11.4 Å². The van der Waals surface area contributed by atoms with Gasteiger partial charge in [-0.15, -0.1) is 0 Å². The smallest absolute Gasteiger partial charge is 0.0540 e. The van der Waals surface area contributed by atoms with Gasteiger partial charge in [0.1, 0.15) is 0 Å². The second-order valence-electron chi connectivity index (χ2n) is 31.1. The fraction of sp³-hybridized carbons (Fsp3) is 0.0370. The first-order valence-corrected chi connectivity index (χ1v) is 39.1. The van der Waals surface area contributed by atoms with Crippen LogP contribution in [-0.2, 0) is 0 Å². The molecule has 0 saturated carbocycles. The van der Waals surface area contributed by atoms with E-state index in [0.29, 0.717) is 0 Å². The van der Waals surface area contributed by atoms with Crippen LogP contribution < -0.4 is 19.6 Å². The summed E-state index contributed by atoms with van der Waals surface area (Å²) >= 11 is 0. The molecule has 0 spiro atoms. The lowest BCUT2D eigenvalue weighted by Gasteiger charge is -2.30. The lowest BCUT2D eigenvalue weighted by Crippen LogP contribution is -2.11. The van der Waals surface area contributed by atoms with Crippen LogP contribution in [0.15, 0.2) is 352 Å². The van der Waals surface area contributed by atoms with E-state index in [-0.39, 0.29) is 0 Å². The van der Waals surface area contributed by atoms with E-state index in [1.54, 1.807) is 0 Å². The van der Waals surface area contributed by atoms with Crippen molar-refractivity contribution >= 4 is 229 Å². The first kappa shape index (κ1) is 62.7. The van der Waals surface area contributed by atoms with E-state index >= 15 is 0 Å². The van der Waals surface area contributed by atoms with E-state index < -0.39 is 0 Å². The highest BCUT2D eigenvalue weighted by atomic mass is 15.2. The third-order valence-electron chi connectivity index (χ3n) is 25.2. The van der Waals surface area contributed by atoms with Crippen molar-refractivity contribution in [2.45, 2.75) is 13.8 Å². The number of benzene rings is 24. The van der Waals surface area contributed by atoms with Crippen LogP contribution in [0, 0.1) is 13.8 Å². The molecule has 0 radical (unpaired) electrons. The monoisotopic (exact) mass is 1420 g/mol. The molecule has 0 aliphatic heterocycles. The molecule has 0 saturated heterocycles. The Kier molecular flexibility index (Phi) is 13.2. The van der Waals surface area contributed by atoms with Crippen LogP contribution in [-0.4, -0.2) is 14.1 Å². The molecule has 24 aromatic rings. The minimum atomic E-state index is 1.08. The molecule has 24 rings (SSSR count). The summed E-state index contributed by atoms with van der Waals surface area (Å²) in [6, 6.07) is 133. The van der Waals surface area contributed by atoms with Gasteiger partial charge in [-0.2, -0.15) is 0 Å². The summed E-state index contributed by atoms with van der Waals surface area (Å²) in [6.45, 7) is 4.40. The van der Waals surface area contributed by atoms with Crippen LogP contribution in [0.3, 0.4) is 0 Å². The van der Waals surface area contributed by atoms with Gasteiger partial charge in [-0.3, -0.25) is 0 Å². The number of hydrogen-bond acceptors (Lipinski definition) is 4. The number of anilines is 10. The van der Waals surface area contributed by atoms with Crippen LogP contribution in [0.25, 0.3) is 183 Å². The molecule has 4 heteroatoms. The fourth-order valence-electron chi connectivity index (χ4n) is 20.5.